The maximum Gasteiger partial charge on any atom is 0.412 e. The monoisotopic (exact) mass is 229 g/mol. The van der Waals surface area contributed by atoms with Crippen LogP contribution in [0.25, 0.3) is 0 Å². The highest BCUT2D eigenvalue weighted by Crippen LogP contribution is 2.28. The Balaban J connectivity index is 2.51. The van der Waals surface area contributed by atoms with E-state index in [4.69, 9.17) is 9.47 Å². The average Bonchev–Trinajstić information content (AvgIpc) is 2.48. The molecule has 1 rings (SSSR count). The van der Waals surface area contributed by atoms with Gasteiger partial charge in [0.25, 0.3) is 0 Å². The standard InChI is InChI=1S/C10H15NO3S/c1-10(2,3)14-9(12)11-7-5-6-8(13-4)15-7/h5-6H,1-4H3,(H,11,12). The van der Waals surface area contributed by atoms with E-state index in [0.717, 1.165) is 5.06 Å². The highest BCUT2D eigenvalue weighted by molar-refractivity contribution is 7.18. The SMILES string of the molecule is COc1ccc(NC(=O)OC(C)(C)C)s1. The summed E-state index contributed by atoms with van der Waals surface area (Å²) in [5, 5.41) is 4.09. The van der Waals surface area contributed by atoms with Crippen LogP contribution in [0.1, 0.15) is 20.8 Å². The van der Waals surface area contributed by atoms with Gasteiger partial charge in [0.15, 0.2) is 5.06 Å². The molecule has 1 aromatic rings. The van der Waals surface area contributed by atoms with Crippen molar-refractivity contribution in [3.05, 3.63) is 12.1 Å². The van der Waals surface area contributed by atoms with E-state index in [0.29, 0.717) is 5.00 Å². The van der Waals surface area contributed by atoms with Gasteiger partial charge in [0, 0.05) is 0 Å². The van der Waals surface area contributed by atoms with Crippen LogP contribution in [-0.2, 0) is 4.74 Å². The summed E-state index contributed by atoms with van der Waals surface area (Å²) < 4.78 is 10.1. The van der Waals surface area contributed by atoms with Gasteiger partial charge in [0.1, 0.15) is 10.6 Å². The molecule has 0 radical (unpaired) electrons. The first kappa shape index (κ1) is 11.8. The minimum absolute atomic E-state index is 0.452. The Kier molecular flexibility index (Phi) is 3.57. The Bertz CT molecular complexity index is 341. The molecular weight excluding hydrogens is 214 g/mol. The van der Waals surface area contributed by atoms with E-state index in [1.807, 2.05) is 20.8 Å². The summed E-state index contributed by atoms with van der Waals surface area (Å²) in [6, 6.07) is 3.56. The Hall–Kier alpha value is -1.23. The second-order valence-corrected chi connectivity index (χ2v) is 5.00. The lowest BCUT2D eigenvalue weighted by atomic mass is 10.2. The number of methoxy groups -OCH3 is 1. The lowest BCUT2D eigenvalue weighted by Gasteiger charge is -2.19. The van der Waals surface area contributed by atoms with Gasteiger partial charge in [-0.05, 0) is 32.9 Å². The van der Waals surface area contributed by atoms with Gasteiger partial charge in [-0.25, -0.2) is 4.79 Å². The molecule has 84 valence electrons. The van der Waals surface area contributed by atoms with Crippen LogP contribution >= 0.6 is 11.3 Å². The lowest BCUT2D eigenvalue weighted by molar-refractivity contribution is 0.0636. The molecule has 0 atom stereocenters. The molecule has 5 heteroatoms. The Labute approximate surface area is 93.2 Å². The number of anilines is 1. The molecule has 0 fully saturated rings. The van der Waals surface area contributed by atoms with Crippen molar-refractivity contribution in [2.75, 3.05) is 12.4 Å². The normalized spacial score (nSPS) is 10.9. The molecule has 0 aliphatic rings. The van der Waals surface area contributed by atoms with Gasteiger partial charge < -0.3 is 9.47 Å². The Morgan fingerprint density at radius 2 is 2.07 bits per heavy atom. The zero-order valence-electron chi connectivity index (χ0n) is 9.29. The number of hydrogen-bond acceptors (Lipinski definition) is 4. The van der Waals surface area contributed by atoms with Crippen LogP contribution in [-0.4, -0.2) is 18.8 Å². The molecule has 0 unspecified atom stereocenters. The van der Waals surface area contributed by atoms with E-state index in [-0.39, 0.29) is 0 Å². The van der Waals surface area contributed by atoms with Crippen LogP contribution in [0.4, 0.5) is 9.80 Å². The molecule has 0 aromatic carbocycles. The van der Waals surface area contributed by atoms with Crippen molar-refractivity contribution in [1.29, 1.82) is 0 Å². The molecule has 4 nitrogen and oxygen atoms in total. The molecule has 0 aliphatic carbocycles. The highest BCUT2D eigenvalue weighted by atomic mass is 32.1. The second-order valence-electron chi connectivity index (χ2n) is 3.95. The number of amides is 1. The predicted octanol–water partition coefficient (Wildman–Crippen LogP) is 3.10. The third-order valence-electron chi connectivity index (χ3n) is 1.41. The van der Waals surface area contributed by atoms with Crippen LogP contribution in [0.3, 0.4) is 0 Å². The zero-order valence-corrected chi connectivity index (χ0v) is 10.1. The topological polar surface area (TPSA) is 47.6 Å². The van der Waals surface area contributed by atoms with Crippen molar-refractivity contribution in [3.8, 4) is 5.06 Å². The predicted molar refractivity (Wildman–Crippen MR) is 60.7 cm³/mol. The van der Waals surface area contributed by atoms with Crippen molar-refractivity contribution < 1.29 is 14.3 Å². The zero-order chi connectivity index (χ0) is 11.5. The molecule has 1 heterocycles. The molecular formula is C10H15NO3S. The fourth-order valence-electron chi connectivity index (χ4n) is 0.901. The fraction of sp³-hybridized carbons (Fsp3) is 0.500. The van der Waals surface area contributed by atoms with Gasteiger partial charge in [-0.2, -0.15) is 0 Å². The minimum atomic E-state index is -0.481. The van der Waals surface area contributed by atoms with E-state index in [1.165, 1.54) is 11.3 Å². The van der Waals surface area contributed by atoms with E-state index >= 15 is 0 Å². The van der Waals surface area contributed by atoms with Crippen molar-refractivity contribution in [3.63, 3.8) is 0 Å². The summed E-state index contributed by atoms with van der Waals surface area (Å²) in [5.74, 6) is 0. The van der Waals surface area contributed by atoms with Gasteiger partial charge in [-0.3, -0.25) is 5.32 Å². The van der Waals surface area contributed by atoms with Crippen LogP contribution in [0, 0.1) is 0 Å². The summed E-state index contributed by atoms with van der Waals surface area (Å²) in [7, 11) is 1.59. The summed E-state index contributed by atoms with van der Waals surface area (Å²) in [6.07, 6.45) is -0.452. The molecule has 0 saturated heterocycles. The third kappa shape index (κ3) is 4.20. The smallest absolute Gasteiger partial charge is 0.412 e. The largest absolute Gasteiger partial charge is 0.487 e. The average molecular weight is 229 g/mol. The Morgan fingerprint density at radius 1 is 1.40 bits per heavy atom. The van der Waals surface area contributed by atoms with Gasteiger partial charge in [-0.15, -0.1) is 0 Å². The molecule has 0 bridgehead atoms. The van der Waals surface area contributed by atoms with Crippen LogP contribution < -0.4 is 10.1 Å². The first-order valence-corrected chi connectivity index (χ1v) is 5.36. The Morgan fingerprint density at radius 3 is 2.53 bits per heavy atom. The number of carbonyl (C=O) groups is 1. The van der Waals surface area contributed by atoms with Crippen LogP contribution in [0.2, 0.25) is 0 Å². The maximum atomic E-state index is 11.4. The number of rotatable bonds is 2. The molecule has 1 N–H and O–H groups in total. The van der Waals surface area contributed by atoms with E-state index in [1.54, 1.807) is 19.2 Å². The molecule has 0 aliphatic heterocycles. The minimum Gasteiger partial charge on any atom is -0.487 e. The summed E-state index contributed by atoms with van der Waals surface area (Å²) in [6.45, 7) is 5.46. The summed E-state index contributed by atoms with van der Waals surface area (Å²) in [4.78, 5) is 11.4. The summed E-state index contributed by atoms with van der Waals surface area (Å²) in [5.41, 5.74) is -0.481. The van der Waals surface area contributed by atoms with E-state index in [2.05, 4.69) is 5.32 Å². The number of hydrogen-bond donors (Lipinski definition) is 1. The van der Waals surface area contributed by atoms with E-state index in [9.17, 15) is 4.79 Å². The van der Waals surface area contributed by atoms with Gasteiger partial charge in [0.05, 0.1) is 7.11 Å². The van der Waals surface area contributed by atoms with Gasteiger partial charge in [0.2, 0.25) is 0 Å². The third-order valence-corrected chi connectivity index (χ3v) is 2.37. The second kappa shape index (κ2) is 4.53. The van der Waals surface area contributed by atoms with Crippen LogP contribution in [0.5, 0.6) is 5.06 Å². The number of nitrogens with one attached hydrogen (secondary N) is 1. The number of ether oxygens (including phenoxy) is 2. The quantitative estimate of drug-likeness (QED) is 0.847. The number of thiophene rings is 1. The number of carbonyl (C=O) groups excluding carboxylic acids is 1. The van der Waals surface area contributed by atoms with Crippen molar-refractivity contribution in [1.82, 2.24) is 0 Å². The molecule has 0 spiro atoms. The molecule has 15 heavy (non-hydrogen) atoms. The van der Waals surface area contributed by atoms with Crippen molar-refractivity contribution in [2.24, 2.45) is 0 Å². The van der Waals surface area contributed by atoms with Crippen molar-refractivity contribution in [2.45, 2.75) is 26.4 Å². The maximum absolute atomic E-state index is 11.4. The molecule has 0 saturated carbocycles. The van der Waals surface area contributed by atoms with Crippen LogP contribution in [0.15, 0.2) is 12.1 Å². The van der Waals surface area contributed by atoms with E-state index < -0.39 is 11.7 Å². The summed E-state index contributed by atoms with van der Waals surface area (Å²) >= 11 is 1.35. The molecule has 1 amide bonds. The fourth-order valence-corrected chi connectivity index (χ4v) is 1.61. The highest BCUT2D eigenvalue weighted by Gasteiger charge is 2.16. The van der Waals surface area contributed by atoms with Gasteiger partial charge in [-0.1, -0.05) is 11.3 Å². The molecule has 1 aromatic heterocycles. The lowest BCUT2D eigenvalue weighted by Crippen LogP contribution is -2.26. The first-order chi connectivity index (χ1) is 6.90. The van der Waals surface area contributed by atoms with Crippen molar-refractivity contribution >= 4 is 22.4 Å². The first-order valence-electron chi connectivity index (χ1n) is 4.54. The van der Waals surface area contributed by atoms with Gasteiger partial charge >= 0.3 is 6.09 Å².